The van der Waals surface area contributed by atoms with Crippen LogP contribution in [0.5, 0.6) is 0 Å². The van der Waals surface area contributed by atoms with Crippen molar-refractivity contribution in [3.63, 3.8) is 0 Å². The van der Waals surface area contributed by atoms with Crippen LogP contribution in [-0.4, -0.2) is 19.9 Å². The second-order valence-electron chi connectivity index (χ2n) is 9.78. The lowest BCUT2D eigenvalue weighted by molar-refractivity contribution is 0.529. The van der Waals surface area contributed by atoms with E-state index in [0.717, 1.165) is 32.1 Å². The van der Waals surface area contributed by atoms with E-state index in [9.17, 15) is 8.42 Å². The van der Waals surface area contributed by atoms with Crippen LogP contribution in [0, 0.1) is 6.92 Å². The van der Waals surface area contributed by atoms with Crippen molar-refractivity contribution < 1.29 is 8.42 Å². The monoisotopic (exact) mass is 457 g/mol. The molecule has 0 heterocycles. The molecule has 0 amide bonds. The summed E-state index contributed by atoms with van der Waals surface area (Å²) in [4.78, 5) is 0. The van der Waals surface area contributed by atoms with Crippen LogP contribution >= 0.6 is 0 Å². The summed E-state index contributed by atoms with van der Waals surface area (Å²) in [6, 6.07) is 0. The molecule has 0 spiro atoms. The molecule has 0 aromatic rings. The maximum atomic E-state index is 12.1. The van der Waals surface area contributed by atoms with Gasteiger partial charge in [-0.15, -0.1) is 0 Å². The summed E-state index contributed by atoms with van der Waals surface area (Å²) in [5.74, 6) is 0.829. The predicted octanol–water partition coefficient (Wildman–Crippen LogP) is 9.62. The Morgan fingerprint density at radius 3 is 0.968 bits per heavy atom. The smallest absolute Gasteiger partial charge is 0.150 e. The lowest BCUT2D eigenvalue weighted by Gasteiger charge is -2.05. The fourth-order valence-electron chi connectivity index (χ4n) is 4.35. The van der Waals surface area contributed by atoms with Gasteiger partial charge < -0.3 is 0 Å². The van der Waals surface area contributed by atoms with Gasteiger partial charge in [0.15, 0.2) is 0 Å². The average molecular weight is 458 g/mol. The molecule has 0 aromatic carbocycles. The molecule has 0 aliphatic rings. The molecule has 31 heavy (non-hydrogen) atoms. The molecule has 0 bridgehead atoms. The Bertz CT molecular complexity index is 430. The molecule has 0 rings (SSSR count). The van der Waals surface area contributed by atoms with E-state index in [1.807, 2.05) is 0 Å². The summed E-state index contributed by atoms with van der Waals surface area (Å²) in [6.07, 6.45) is 30.5. The van der Waals surface area contributed by atoms with Gasteiger partial charge in [-0.1, -0.05) is 155 Å². The first kappa shape index (κ1) is 30.9. The van der Waals surface area contributed by atoms with Crippen molar-refractivity contribution in [1.29, 1.82) is 0 Å². The third-order valence-electron chi connectivity index (χ3n) is 6.51. The molecule has 0 fully saturated rings. The highest BCUT2D eigenvalue weighted by Crippen LogP contribution is 2.14. The van der Waals surface area contributed by atoms with Crippen LogP contribution in [0.3, 0.4) is 0 Å². The Morgan fingerprint density at radius 2 is 0.677 bits per heavy atom. The molecule has 3 heteroatoms. The Labute approximate surface area is 197 Å². The van der Waals surface area contributed by atoms with E-state index >= 15 is 0 Å². The van der Waals surface area contributed by atoms with Crippen molar-refractivity contribution in [3.05, 3.63) is 6.92 Å². The molecule has 2 nitrogen and oxygen atoms in total. The first-order valence-electron chi connectivity index (χ1n) is 14.1. The zero-order valence-electron chi connectivity index (χ0n) is 21.3. The summed E-state index contributed by atoms with van der Waals surface area (Å²) in [5.41, 5.74) is 0. The number of hydrogen-bond acceptors (Lipinski definition) is 2. The number of rotatable bonds is 26. The second-order valence-corrected chi connectivity index (χ2v) is 12.1. The normalized spacial score (nSPS) is 11.9. The Balaban J connectivity index is 3.26. The highest BCUT2D eigenvalue weighted by Gasteiger charge is 2.09. The molecule has 1 radical (unpaired) electrons. The number of unbranched alkanes of at least 4 members (excludes halogenated alkanes) is 22. The molecular weight excluding hydrogens is 400 g/mol. The summed E-state index contributed by atoms with van der Waals surface area (Å²) >= 11 is 0. The SMILES string of the molecule is [CH2]CCCCCCCCCCCCCCCCCCS(=O)(=O)CCCCCCCCC. The summed E-state index contributed by atoms with van der Waals surface area (Å²) in [7, 11) is -2.80. The Kier molecular flexibility index (Phi) is 24.5. The van der Waals surface area contributed by atoms with Crippen LogP contribution < -0.4 is 0 Å². The van der Waals surface area contributed by atoms with Crippen LogP contribution in [0.4, 0.5) is 0 Å². The molecule has 0 atom stereocenters. The van der Waals surface area contributed by atoms with Gasteiger partial charge in [-0.25, -0.2) is 8.42 Å². The summed E-state index contributed by atoms with van der Waals surface area (Å²) in [6.45, 7) is 6.13. The average Bonchev–Trinajstić information content (AvgIpc) is 2.75. The zero-order chi connectivity index (χ0) is 22.9. The van der Waals surface area contributed by atoms with Gasteiger partial charge in [0.05, 0.1) is 11.5 Å². The Morgan fingerprint density at radius 1 is 0.419 bits per heavy atom. The lowest BCUT2D eigenvalue weighted by Crippen LogP contribution is -2.11. The molecule has 0 aliphatic heterocycles. The van der Waals surface area contributed by atoms with Gasteiger partial charge in [0.2, 0.25) is 0 Å². The largest absolute Gasteiger partial charge is 0.229 e. The van der Waals surface area contributed by atoms with Crippen molar-refractivity contribution in [2.75, 3.05) is 11.5 Å². The maximum absolute atomic E-state index is 12.1. The standard InChI is InChI=1S/C28H57O2S/c1-3-5-7-9-11-12-13-14-15-16-17-18-19-20-22-24-26-28-31(29,30)27-25-23-21-10-8-6-4-2/h1,3-28H2,2H3. The van der Waals surface area contributed by atoms with E-state index in [2.05, 4.69) is 13.8 Å². The minimum Gasteiger partial charge on any atom is -0.229 e. The van der Waals surface area contributed by atoms with Crippen molar-refractivity contribution in [2.24, 2.45) is 0 Å². The lowest BCUT2D eigenvalue weighted by atomic mass is 10.0. The van der Waals surface area contributed by atoms with E-state index in [1.54, 1.807) is 0 Å². The van der Waals surface area contributed by atoms with E-state index < -0.39 is 9.84 Å². The van der Waals surface area contributed by atoms with Crippen molar-refractivity contribution in [3.8, 4) is 0 Å². The highest BCUT2D eigenvalue weighted by atomic mass is 32.2. The minimum atomic E-state index is -2.80. The van der Waals surface area contributed by atoms with E-state index in [0.29, 0.717) is 11.5 Å². The maximum Gasteiger partial charge on any atom is 0.150 e. The zero-order valence-corrected chi connectivity index (χ0v) is 22.1. The molecular formula is C28H57O2S. The fraction of sp³-hybridized carbons (Fsp3) is 0.964. The third-order valence-corrected chi connectivity index (χ3v) is 8.34. The molecule has 0 saturated carbocycles. The van der Waals surface area contributed by atoms with Gasteiger partial charge in [-0.2, -0.15) is 0 Å². The number of sulfone groups is 1. The number of hydrogen-bond donors (Lipinski definition) is 0. The van der Waals surface area contributed by atoms with Crippen molar-refractivity contribution in [2.45, 2.75) is 161 Å². The molecule has 0 N–H and O–H groups in total. The minimum absolute atomic E-state index is 0.414. The summed E-state index contributed by atoms with van der Waals surface area (Å²) in [5, 5.41) is 0. The molecule has 187 valence electrons. The highest BCUT2D eigenvalue weighted by molar-refractivity contribution is 7.91. The van der Waals surface area contributed by atoms with Gasteiger partial charge >= 0.3 is 0 Å². The van der Waals surface area contributed by atoms with Crippen LogP contribution in [0.1, 0.15) is 161 Å². The third kappa shape index (κ3) is 26.1. The molecule has 0 saturated heterocycles. The van der Waals surface area contributed by atoms with Gasteiger partial charge in [0.1, 0.15) is 9.84 Å². The van der Waals surface area contributed by atoms with Gasteiger partial charge in [-0.05, 0) is 12.8 Å². The van der Waals surface area contributed by atoms with Crippen LogP contribution in [0.25, 0.3) is 0 Å². The molecule has 0 aromatic heterocycles. The van der Waals surface area contributed by atoms with E-state index in [4.69, 9.17) is 0 Å². The van der Waals surface area contributed by atoms with E-state index in [1.165, 1.54) is 122 Å². The first-order valence-corrected chi connectivity index (χ1v) is 15.9. The first-order chi connectivity index (χ1) is 15.1. The van der Waals surface area contributed by atoms with E-state index in [-0.39, 0.29) is 0 Å². The Hall–Kier alpha value is -0.0500. The fourth-order valence-corrected chi connectivity index (χ4v) is 5.85. The summed E-state index contributed by atoms with van der Waals surface area (Å²) < 4.78 is 24.2. The van der Waals surface area contributed by atoms with Crippen molar-refractivity contribution in [1.82, 2.24) is 0 Å². The van der Waals surface area contributed by atoms with Crippen LogP contribution in [0.15, 0.2) is 0 Å². The predicted molar refractivity (Wildman–Crippen MR) is 140 cm³/mol. The van der Waals surface area contributed by atoms with Gasteiger partial charge in [0, 0.05) is 0 Å². The van der Waals surface area contributed by atoms with Crippen LogP contribution in [-0.2, 0) is 9.84 Å². The van der Waals surface area contributed by atoms with Gasteiger partial charge in [0.25, 0.3) is 0 Å². The molecule has 0 unspecified atom stereocenters. The quantitative estimate of drug-likeness (QED) is 0.121. The second kappa shape index (κ2) is 24.6. The molecule has 0 aliphatic carbocycles. The van der Waals surface area contributed by atoms with Crippen molar-refractivity contribution >= 4 is 9.84 Å². The van der Waals surface area contributed by atoms with Crippen LogP contribution in [0.2, 0.25) is 0 Å². The van der Waals surface area contributed by atoms with Gasteiger partial charge in [-0.3, -0.25) is 0 Å². The topological polar surface area (TPSA) is 34.1 Å².